The minimum atomic E-state index is -0.586. The molecule has 1 amide bonds. The molecular weight excluding hydrogens is 216 g/mol. The first-order chi connectivity index (χ1) is 8.03. The number of rotatable bonds is 2. The minimum absolute atomic E-state index is 0.138. The molecule has 1 saturated carbocycles. The molecule has 1 aliphatic carbocycles. The van der Waals surface area contributed by atoms with E-state index < -0.39 is 5.54 Å². The Hall–Kier alpha value is -0.610. The molecule has 0 aromatic carbocycles. The summed E-state index contributed by atoms with van der Waals surface area (Å²) in [6.45, 7) is 3.35. The molecule has 0 radical (unpaired) electrons. The molecule has 2 rings (SSSR count). The van der Waals surface area contributed by atoms with Crippen LogP contribution in [0.25, 0.3) is 0 Å². The molecule has 1 atom stereocenters. The van der Waals surface area contributed by atoms with Gasteiger partial charge in [-0.1, -0.05) is 12.8 Å². The molecule has 0 aromatic heterocycles. The lowest BCUT2D eigenvalue weighted by molar-refractivity contribution is -0.138. The Labute approximate surface area is 103 Å². The summed E-state index contributed by atoms with van der Waals surface area (Å²) >= 11 is 0. The van der Waals surface area contributed by atoms with Crippen LogP contribution in [0.5, 0.6) is 0 Å². The van der Waals surface area contributed by atoms with E-state index in [0.717, 1.165) is 51.6 Å². The fourth-order valence-electron chi connectivity index (χ4n) is 3.12. The average Bonchev–Trinajstić information content (AvgIpc) is 2.76. The monoisotopic (exact) mass is 240 g/mol. The quantitative estimate of drug-likeness (QED) is 0.753. The van der Waals surface area contributed by atoms with E-state index in [9.17, 15) is 9.90 Å². The van der Waals surface area contributed by atoms with Crippen molar-refractivity contribution in [2.75, 3.05) is 13.1 Å². The summed E-state index contributed by atoms with van der Waals surface area (Å²) < 4.78 is 0. The Morgan fingerprint density at radius 3 is 2.35 bits per heavy atom. The van der Waals surface area contributed by atoms with Crippen molar-refractivity contribution in [2.45, 2.75) is 57.1 Å². The molecule has 1 aliphatic heterocycles. The highest BCUT2D eigenvalue weighted by atomic mass is 16.3. The number of aliphatic hydroxyl groups is 1. The molecule has 0 bridgehead atoms. The van der Waals surface area contributed by atoms with Gasteiger partial charge in [-0.3, -0.25) is 4.79 Å². The van der Waals surface area contributed by atoms with Crippen LogP contribution < -0.4 is 5.73 Å². The SMILES string of the molecule is CC(O)C1CCN(C(=O)C2(N)CCCC2)CC1. The summed E-state index contributed by atoms with van der Waals surface area (Å²) in [5.41, 5.74) is 5.60. The number of carbonyl (C=O) groups excluding carboxylic acids is 1. The first kappa shape index (κ1) is 12.8. The number of aliphatic hydroxyl groups excluding tert-OH is 1. The summed E-state index contributed by atoms with van der Waals surface area (Å²) in [6.07, 6.45) is 5.37. The zero-order valence-corrected chi connectivity index (χ0v) is 10.7. The number of piperidine rings is 1. The fourth-order valence-corrected chi connectivity index (χ4v) is 3.12. The summed E-state index contributed by atoms with van der Waals surface area (Å²) in [7, 11) is 0. The first-order valence-corrected chi connectivity index (χ1v) is 6.79. The maximum Gasteiger partial charge on any atom is 0.242 e. The number of carbonyl (C=O) groups is 1. The lowest BCUT2D eigenvalue weighted by Gasteiger charge is -2.37. The molecular formula is C13H24N2O2. The van der Waals surface area contributed by atoms with Crippen molar-refractivity contribution >= 4 is 5.91 Å². The van der Waals surface area contributed by atoms with Crippen LogP contribution in [0.2, 0.25) is 0 Å². The largest absolute Gasteiger partial charge is 0.393 e. The molecule has 0 spiro atoms. The van der Waals surface area contributed by atoms with Crippen molar-refractivity contribution in [1.29, 1.82) is 0 Å². The van der Waals surface area contributed by atoms with Gasteiger partial charge in [0.15, 0.2) is 0 Å². The van der Waals surface area contributed by atoms with E-state index in [1.54, 1.807) is 0 Å². The molecule has 2 fully saturated rings. The van der Waals surface area contributed by atoms with E-state index in [1.807, 2.05) is 11.8 Å². The lowest BCUT2D eigenvalue weighted by Crippen LogP contribution is -2.55. The fraction of sp³-hybridized carbons (Fsp3) is 0.923. The molecule has 98 valence electrons. The van der Waals surface area contributed by atoms with Crippen LogP contribution in [-0.4, -0.2) is 40.6 Å². The number of amides is 1. The zero-order valence-electron chi connectivity index (χ0n) is 10.7. The van der Waals surface area contributed by atoms with Gasteiger partial charge in [-0.05, 0) is 38.5 Å². The maximum atomic E-state index is 12.3. The lowest BCUT2D eigenvalue weighted by atomic mass is 9.90. The van der Waals surface area contributed by atoms with Crippen LogP contribution in [0.1, 0.15) is 45.4 Å². The van der Waals surface area contributed by atoms with Crippen molar-refractivity contribution in [1.82, 2.24) is 4.90 Å². The van der Waals surface area contributed by atoms with Gasteiger partial charge in [0.2, 0.25) is 5.91 Å². The van der Waals surface area contributed by atoms with Crippen molar-refractivity contribution in [2.24, 2.45) is 11.7 Å². The van der Waals surface area contributed by atoms with E-state index in [2.05, 4.69) is 0 Å². The van der Waals surface area contributed by atoms with E-state index in [1.165, 1.54) is 0 Å². The highest BCUT2D eigenvalue weighted by Gasteiger charge is 2.40. The normalized spacial score (nSPS) is 27.1. The Balaban J connectivity index is 1.90. The molecule has 0 aromatic rings. The van der Waals surface area contributed by atoms with E-state index in [0.29, 0.717) is 5.92 Å². The van der Waals surface area contributed by atoms with Gasteiger partial charge in [0.05, 0.1) is 11.6 Å². The Kier molecular flexibility index (Phi) is 3.73. The summed E-state index contributed by atoms with van der Waals surface area (Å²) in [5, 5.41) is 9.54. The third-order valence-electron chi connectivity index (χ3n) is 4.43. The van der Waals surface area contributed by atoms with E-state index >= 15 is 0 Å². The summed E-state index contributed by atoms with van der Waals surface area (Å²) in [6, 6.07) is 0. The number of hydrogen-bond acceptors (Lipinski definition) is 3. The van der Waals surface area contributed by atoms with Gasteiger partial charge in [-0.15, -0.1) is 0 Å². The van der Waals surface area contributed by atoms with Crippen molar-refractivity contribution in [3.63, 3.8) is 0 Å². The van der Waals surface area contributed by atoms with Gasteiger partial charge < -0.3 is 15.7 Å². The molecule has 4 nitrogen and oxygen atoms in total. The van der Waals surface area contributed by atoms with Gasteiger partial charge in [-0.25, -0.2) is 0 Å². The number of nitrogens with two attached hydrogens (primary N) is 1. The van der Waals surface area contributed by atoms with Crippen LogP contribution in [-0.2, 0) is 4.79 Å². The van der Waals surface area contributed by atoms with Gasteiger partial charge in [0, 0.05) is 13.1 Å². The van der Waals surface area contributed by atoms with Gasteiger partial charge >= 0.3 is 0 Å². The summed E-state index contributed by atoms with van der Waals surface area (Å²) in [4.78, 5) is 14.2. The average molecular weight is 240 g/mol. The molecule has 4 heteroatoms. The van der Waals surface area contributed by atoms with Crippen LogP contribution >= 0.6 is 0 Å². The molecule has 1 heterocycles. The second-order valence-electron chi connectivity index (χ2n) is 5.73. The second kappa shape index (κ2) is 4.94. The van der Waals surface area contributed by atoms with Crippen molar-refractivity contribution in [3.05, 3.63) is 0 Å². The predicted molar refractivity (Wildman–Crippen MR) is 66.4 cm³/mol. The number of nitrogens with zero attached hydrogens (tertiary/aromatic N) is 1. The first-order valence-electron chi connectivity index (χ1n) is 6.79. The Morgan fingerprint density at radius 2 is 1.88 bits per heavy atom. The highest BCUT2D eigenvalue weighted by Crippen LogP contribution is 2.30. The molecule has 2 aliphatic rings. The zero-order chi connectivity index (χ0) is 12.5. The maximum absolute atomic E-state index is 12.3. The van der Waals surface area contributed by atoms with Gasteiger partial charge in [0.1, 0.15) is 0 Å². The third-order valence-corrected chi connectivity index (χ3v) is 4.43. The van der Waals surface area contributed by atoms with Crippen LogP contribution in [0, 0.1) is 5.92 Å². The number of likely N-dealkylation sites (tertiary alicyclic amines) is 1. The Morgan fingerprint density at radius 1 is 1.35 bits per heavy atom. The van der Waals surface area contributed by atoms with Crippen LogP contribution in [0.4, 0.5) is 0 Å². The molecule has 1 saturated heterocycles. The van der Waals surface area contributed by atoms with Gasteiger partial charge in [-0.2, -0.15) is 0 Å². The second-order valence-corrected chi connectivity index (χ2v) is 5.73. The minimum Gasteiger partial charge on any atom is -0.393 e. The summed E-state index contributed by atoms with van der Waals surface area (Å²) in [5.74, 6) is 0.482. The Bertz CT molecular complexity index is 277. The van der Waals surface area contributed by atoms with E-state index in [-0.39, 0.29) is 12.0 Å². The number of hydrogen-bond donors (Lipinski definition) is 2. The van der Waals surface area contributed by atoms with Gasteiger partial charge in [0.25, 0.3) is 0 Å². The van der Waals surface area contributed by atoms with Crippen LogP contribution in [0.3, 0.4) is 0 Å². The van der Waals surface area contributed by atoms with Crippen molar-refractivity contribution < 1.29 is 9.90 Å². The topological polar surface area (TPSA) is 66.6 Å². The van der Waals surface area contributed by atoms with Crippen LogP contribution in [0.15, 0.2) is 0 Å². The third kappa shape index (κ3) is 2.63. The van der Waals surface area contributed by atoms with E-state index in [4.69, 9.17) is 5.73 Å². The molecule has 1 unspecified atom stereocenters. The standard InChI is InChI=1S/C13H24N2O2/c1-10(16)11-4-8-15(9-5-11)12(17)13(14)6-2-3-7-13/h10-11,16H,2-9,14H2,1H3. The predicted octanol–water partition coefficient (Wildman–Crippen LogP) is 0.877. The highest BCUT2D eigenvalue weighted by molar-refractivity contribution is 5.86. The smallest absolute Gasteiger partial charge is 0.242 e. The van der Waals surface area contributed by atoms with Crippen molar-refractivity contribution in [3.8, 4) is 0 Å². The molecule has 3 N–H and O–H groups in total. The molecule has 17 heavy (non-hydrogen) atoms.